The molecular formula is C23H18BrClN2O. The third-order valence-electron chi connectivity index (χ3n) is 4.45. The Morgan fingerprint density at radius 3 is 2.57 bits per heavy atom. The van der Waals surface area contributed by atoms with Crippen molar-refractivity contribution in [3.63, 3.8) is 0 Å². The van der Waals surface area contributed by atoms with Gasteiger partial charge in [-0.05, 0) is 70.9 Å². The first-order chi connectivity index (χ1) is 13.6. The number of halogens is 2. The summed E-state index contributed by atoms with van der Waals surface area (Å²) in [5.74, 6) is 0.767. The van der Waals surface area contributed by atoms with Gasteiger partial charge >= 0.3 is 0 Å². The van der Waals surface area contributed by atoms with Crippen LogP contribution >= 0.6 is 27.5 Å². The highest BCUT2D eigenvalue weighted by molar-refractivity contribution is 9.10. The number of aromatic nitrogens is 2. The van der Waals surface area contributed by atoms with Gasteiger partial charge in [0, 0.05) is 10.7 Å². The Hall–Kier alpha value is -2.56. The quantitative estimate of drug-likeness (QED) is 0.309. The van der Waals surface area contributed by atoms with E-state index in [1.165, 1.54) is 0 Å². The van der Waals surface area contributed by atoms with E-state index in [1.807, 2.05) is 66.7 Å². The molecule has 0 unspecified atom stereocenters. The molecule has 0 spiro atoms. The van der Waals surface area contributed by atoms with Gasteiger partial charge in [-0.25, -0.2) is 4.98 Å². The molecule has 5 heteroatoms. The Kier molecular flexibility index (Phi) is 5.51. The molecule has 0 radical (unpaired) electrons. The first kappa shape index (κ1) is 18.8. The van der Waals surface area contributed by atoms with Crippen molar-refractivity contribution in [2.45, 2.75) is 13.5 Å². The molecule has 2 aromatic heterocycles. The molecule has 28 heavy (non-hydrogen) atoms. The van der Waals surface area contributed by atoms with Gasteiger partial charge in [-0.3, -0.25) is 0 Å². The maximum absolute atomic E-state index is 6.33. The second-order valence-corrected chi connectivity index (χ2v) is 7.68. The van der Waals surface area contributed by atoms with Crippen molar-refractivity contribution in [1.82, 2.24) is 9.55 Å². The SMILES string of the molecule is Cc1ccc(-c2cccc(Br)n2)n1-c1cc(Cl)ccc1OCc1ccccc1. The lowest BCUT2D eigenvalue weighted by Crippen LogP contribution is -2.04. The van der Waals surface area contributed by atoms with Crippen LogP contribution in [0.3, 0.4) is 0 Å². The lowest BCUT2D eigenvalue weighted by atomic mass is 10.2. The first-order valence-electron chi connectivity index (χ1n) is 8.90. The van der Waals surface area contributed by atoms with E-state index in [9.17, 15) is 0 Å². The Balaban J connectivity index is 1.77. The van der Waals surface area contributed by atoms with Crippen LogP contribution in [0.25, 0.3) is 17.1 Å². The van der Waals surface area contributed by atoms with E-state index in [1.54, 1.807) is 0 Å². The Morgan fingerprint density at radius 2 is 1.79 bits per heavy atom. The fourth-order valence-electron chi connectivity index (χ4n) is 3.13. The molecule has 0 fully saturated rings. The van der Waals surface area contributed by atoms with Gasteiger partial charge in [-0.1, -0.05) is 48.0 Å². The summed E-state index contributed by atoms with van der Waals surface area (Å²) in [6, 6.07) is 25.8. The van der Waals surface area contributed by atoms with E-state index >= 15 is 0 Å². The van der Waals surface area contributed by atoms with Crippen molar-refractivity contribution >= 4 is 27.5 Å². The lowest BCUT2D eigenvalue weighted by molar-refractivity contribution is 0.305. The second kappa shape index (κ2) is 8.21. The summed E-state index contributed by atoms with van der Waals surface area (Å²) in [6.07, 6.45) is 0. The van der Waals surface area contributed by atoms with Gasteiger partial charge in [0.2, 0.25) is 0 Å². The third-order valence-corrected chi connectivity index (χ3v) is 5.13. The van der Waals surface area contributed by atoms with Crippen molar-refractivity contribution in [3.8, 4) is 22.8 Å². The molecule has 0 aliphatic rings. The minimum absolute atomic E-state index is 0.486. The van der Waals surface area contributed by atoms with Gasteiger partial charge in [0.15, 0.2) is 0 Å². The maximum Gasteiger partial charge on any atom is 0.143 e. The monoisotopic (exact) mass is 452 g/mol. The largest absolute Gasteiger partial charge is 0.487 e. The number of nitrogens with zero attached hydrogens (tertiary/aromatic N) is 2. The maximum atomic E-state index is 6.33. The van der Waals surface area contributed by atoms with Gasteiger partial charge in [0.05, 0.1) is 17.1 Å². The van der Waals surface area contributed by atoms with Gasteiger partial charge < -0.3 is 9.30 Å². The minimum atomic E-state index is 0.486. The van der Waals surface area contributed by atoms with Crippen LogP contribution in [-0.2, 0) is 6.61 Å². The summed E-state index contributed by atoms with van der Waals surface area (Å²) in [5.41, 5.74) is 4.93. The third kappa shape index (κ3) is 3.98. The number of benzene rings is 2. The van der Waals surface area contributed by atoms with Crippen molar-refractivity contribution < 1.29 is 4.74 Å². The lowest BCUT2D eigenvalue weighted by Gasteiger charge is -2.17. The number of aryl methyl sites for hydroxylation is 1. The van der Waals surface area contributed by atoms with Gasteiger partial charge in [-0.15, -0.1) is 0 Å². The van der Waals surface area contributed by atoms with Crippen LogP contribution in [0.4, 0.5) is 0 Å². The Bertz CT molecular complexity index is 1110. The highest BCUT2D eigenvalue weighted by Crippen LogP contribution is 2.33. The van der Waals surface area contributed by atoms with Crippen LogP contribution < -0.4 is 4.74 Å². The summed E-state index contributed by atoms with van der Waals surface area (Å²) in [6.45, 7) is 2.55. The number of ether oxygens (including phenoxy) is 1. The summed E-state index contributed by atoms with van der Waals surface area (Å²) < 4.78 is 9.08. The highest BCUT2D eigenvalue weighted by atomic mass is 79.9. The van der Waals surface area contributed by atoms with Crippen LogP contribution in [0.2, 0.25) is 5.02 Å². The highest BCUT2D eigenvalue weighted by Gasteiger charge is 2.15. The standard InChI is InChI=1S/C23H18BrClN2O/c1-16-10-12-20(19-8-5-9-23(24)26-19)27(16)21-14-18(25)11-13-22(21)28-15-17-6-3-2-4-7-17/h2-14H,15H2,1H3. The van der Waals surface area contributed by atoms with E-state index in [0.29, 0.717) is 11.6 Å². The molecule has 0 bridgehead atoms. The second-order valence-electron chi connectivity index (χ2n) is 6.43. The van der Waals surface area contributed by atoms with E-state index < -0.39 is 0 Å². The number of rotatable bonds is 5. The number of pyridine rings is 1. The predicted molar refractivity (Wildman–Crippen MR) is 117 cm³/mol. The van der Waals surface area contributed by atoms with Crippen molar-refractivity contribution in [3.05, 3.63) is 99.7 Å². The molecule has 4 aromatic rings. The molecule has 140 valence electrons. The van der Waals surface area contributed by atoms with Crippen molar-refractivity contribution in [2.24, 2.45) is 0 Å². The van der Waals surface area contributed by atoms with Crippen molar-refractivity contribution in [2.75, 3.05) is 0 Å². The van der Waals surface area contributed by atoms with Crippen LogP contribution in [0.5, 0.6) is 5.75 Å². The summed E-state index contributed by atoms with van der Waals surface area (Å²) >= 11 is 9.79. The van der Waals surface area contributed by atoms with E-state index in [4.69, 9.17) is 16.3 Å². The normalized spacial score (nSPS) is 10.8. The van der Waals surface area contributed by atoms with E-state index in [2.05, 4.69) is 44.5 Å². The molecule has 2 heterocycles. The summed E-state index contributed by atoms with van der Waals surface area (Å²) in [7, 11) is 0. The van der Waals surface area contributed by atoms with Gasteiger partial charge in [-0.2, -0.15) is 0 Å². The summed E-state index contributed by atoms with van der Waals surface area (Å²) in [4.78, 5) is 4.61. The molecular weight excluding hydrogens is 436 g/mol. The number of hydrogen-bond donors (Lipinski definition) is 0. The molecule has 0 saturated heterocycles. The zero-order valence-corrected chi connectivity index (χ0v) is 17.6. The van der Waals surface area contributed by atoms with Crippen molar-refractivity contribution in [1.29, 1.82) is 0 Å². The zero-order valence-electron chi connectivity index (χ0n) is 15.3. The molecule has 0 amide bonds. The number of hydrogen-bond acceptors (Lipinski definition) is 2. The average Bonchev–Trinajstić information content (AvgIpc) is 3.09. The van der Waals surface area contributed by atoms with Crippen LogP contribution in [0.15, 0.2) is 83.5 Å². The Labute approximate surface area is 177 Å². The summed E-state index contributed by atoms with van der Waals surface area (Å²) in [5, 5.41) is 0.656. The van der Waals surface area contributed by atoms with E-state index in [0.717, 1.165) is 38.7 Å². The molecule has 3 nitrogen and oxygen atoms in total. The van der Waals surface area contributed by atoms with Crippen LogP contribution in [-0.4, -0.2) is 9.55 Å². The topological polar surface area (TPSA) is 27.1 Å². The Morgan fingerprint density at radius 1 is 0.964 bits per heavy atom. The molecule has 0 aliphatic heterocycles. The predicted octanol–water partition coefficient (Wildman–Crippen LogP) is 6.84. The van der Waals surface area contributed by atoms with Crippen LogP contribution in [0, 0.1) is 6.92 Å². The molecule has 0 aliphatic carbocycles. The minimum Gasteiger partial charge on any atom is -0.487 e. The van der Waals surface area contributed by atoms with Gasteiger partial charge in [0.1, 0.15) is 17.0 Å². The fraction of sp³-hybridized carbons (Fsp3) is 0.0870. The van der Waals surface area contributed by atoms with Gasteiger partial charge in [0.25, 0.3) is 0 Å². The smallest absolute Gasteiger partial charge is 0.143 e. The van der Waals surface area contributed by atoms with E-state index in [-0.39, 0.29) is 0 Å². The molecule has 4 rings (SSSR count). The molecule has 0 saturated carbocycles. The average molecular weight is 454 g/mol. The fourth-order valence-corrected chi connectivity index (χ4v) is 3.64. The molecule has 0 N–H and O–H groups in total. The first-order valence-corrected chi connectivity index (χ1v) is 10.1. The molecule has 2 aromatic carbocycles. The zero-order chi connectivity index (χ0) is 19.5. The van der Waals surface area contributed by atoms with Crippen LogP contribution in [0.1, 0.15) is 11.3 Å². The molecule has 0 atom stereocenters.